The molecule has 0 unspecified atom stereocenters. The second kappa shape index (κ2) is 4.92. The molecule has 0 radical (unpaired) electrons. The van der Waals surface area contributed by atoms with Crippen LogP contribution >= 0.6 is 0 Å². The lowest BCUT2D eigenvalue weighted by atomic mass is 10.1. The van der Waals surface area contributed by atoms with Gasteiger partial charge in [-0.1, -0.05) is 12.1 Å². The van der Waals surface area contributed by atoms with Crippen molar-refractivity contribution in [3.8, 4) is 0 Å². The quantitative estimate of drug-likeness (QED) is 0.663. The zero-order valence-corrected chi connectivity index (χ0v) is 10.9. The van der Waals surface area contributed by atoms with Crippen molar-refractivity contribution in [2.75, 3.05) is 11.4 Å². The van der Waals surface area contributed by atoms with E-state index in [0.29, 0.717) is 12.2 Å². The van der Waals surface area contributed by atoms with E-state index in [1.807, 2.05) is 18.2 Å². The summed E-state index contributed by atoms with van der Waals surface area (Å²) >= 11 is 0. The van der Waals surface area contributed by atoms with Crippen LogP contribution in [0, 0.1) is 11.2 Å². The minimum Gasteiger partial charge on any atom is -0.382 e. The third kappa shape index (κ3) is 2.22. The lowest BCUT2D eigenvalue weighted by Crippen LogP contribution is -2.23. The van der Waals surface area contributed by atoms with Crippen LogP contribution in [0.3, 0.4) is 0 Å². The third-order valence-corrected chi connectivity index (χ3v) is 3.55. The van der Waals surface area contributed by atoms with Crippen molar-refractivity contribution in [2.45, 2.75) is 13.0 Å². The number of halogens is 1. The number of nitrogen functional groups attached to an aromatic ring is 1. The number of amidine groups is 1. The number of nitrogens with zero attached hydrogens (tertiary/aromatic N) is 2. The van der Waals surface area contributed by atoms with Gasteiger partial charge in [0.05, 0.1) is 0 Å². The van der Waals surface area contributed by atoms with Crippen LogP contribution in [-0.2, 0) is 13.0 Å². The number of fused-ring (bicyclic) bond motifs is 1. The van der Waals surface area contributed by atoms with Crippen LogP contribution in [0.4, 0.5) is 10.1 Å². The van der Waals surface area contributed by atoms with E-state index in [4.69, 9.17) is 11.1 Å². The number of nitrogens with two attached hydrogens (primary N) is 1. The van der Waals surface area contributed by atoms with Crippen molar-refractivity contribution >= 4 is 11.5 Å². The van der Waals surface area contributed by atoms with Gasteiger partial charge in [0, 0.05) is 30.5 Å². The first-order chi connectivity index (χ1) is 9.65. The summed E-state index contributed by atoms with van der Waals surface area (Å²) in [4.78, 5) is 6.24. The molecular weight excluding hydrogens is 255 g/mol. The molecule has 102 valence electrons. The van der Waals surface area contributed by atoms with Crippen molar-refractivity contribution in [1.82, 2.24) is 4.98 Å². The molecule has 0 saturated carbocycles. The summed E-state index contributed by atoms with van der Waals surface area (Å²) in [6.07, 6.45) is 2.53. The number of rotatable bonds is 3. The topological polar surface area (TPSA) is 66.0 Å². The van der Waals surface area contributed by atoms with E-state index in [2.05, 4.69) is 9.88 Å². The highest BCUT2D eigenvalue weighted by Crippen LogP contribution is 2.30. The minimum atomic E-state index is -0.228. The first-order valence-electron chi connectivity index (χ1n) is 6.47. The molecule has 0 spiro atoms. The molecule has 0 bridgehead atoms. The van der Waals surface area contributed by atoms with Gasteiger partial charge in [-0.2, -0.15) is 0 Å². The van der Waals surface area contributed by atoms with Crippen LogP contribution in [0.15, 0.2) is 36.5 Å². The molecule has 1 aromatic heterocycles. The van der Waals surface area contributed by atoms with Crippen molar-refractivity contribution in [2.24, 2.45) is 5.73 Å². The number of anilines is 1. The van der Waals surface area contributed by atoms with Crippen molar-refractivity contribution in [1.29, 1.82) is 5.41 Å². The highest BCUT2D eigenvalue weighted by atomic mass is 19.1. The van der Waals surface area contributed by atoms with Crippen LogP contribution in [0.5, 0.6) is 0 Å². The lowest BCUT2D eigenvalue weighted by Gasteiger charge is -2.20. The molecule has 0 aliphatic carbocycles. The molecule has 2 heterocycles. The van der Waals surface area contributed by atoms with Gasteiger partial charge in [-0.25, -0.2) is 4.39 Å². The fraction of sp³-hybridized carbons (Fsp3) is 0.200. The molecule has 1 aromatic carbocycles. The van der Waals surface area contributed by atoms with Gasteiger partial charge in [0.2, 0.25) is 0 Å². The van der Waals surface area contributed by atoms with Gasteiger partial charge in [0.15, 0.2) is 0 Å². The summed E-state index contributed by atoms with van der Waals surface area (Å²) < 4.78 is 13.4. The Bertz CT molecular complexity index is 669. The summed E-state index contributed by atoms with van der Waals surface area (Å²) in [7, 11) is 0. The molecule has 1 aliphatic heterocycles. The van der Waals surface area contributed by atoms with E-state index in [9.17, 15) is 4.39 Å². The molecular formula is C15H15FN4. The van der Waals surface area contributed by atoms with Gasteiger partial charge in [0.1, 0.15) is 17.3 Å². The van der Waals surface area contributed by atoms with Crippen molar-refractivity contribution < 1.29 is 4.39 Å². The molecule has 5 heteroatoms. The Morgan fingerprint density at radius 3 is 3.05 bits per heavy atom. The van der Waals surface area contributed by atoms with Crippen molar-refractivity contribution in [3.05, 3.63) is 59.2 Å². The predicted octanol–water partition coefficient (Wildman–Crippen LogP) is 2.07. The Labute approximate surface area is 116 Å². The molecule has 0 saturated heterocycles. The van der Waals surface area contributed by atoms with Crippen LogP contribution in [0.25, 0.3) is 0 Å². The monoisotopic (exact) mass is 270 g/mol. The number of benzene rings is 1. The van der Waals surface area contributed by atoms with Crippen LogP contribution < -0.4 is 10.6 Å². The molecule has 4 nitrogen and oxygen atoms in total. The Kier molecular flexibility index (Phi) is 3.10. The summed E-state index contributed by atoms with van der Waals surface area (Å²) in [5.74, 6) is -0.270. The average Bonchev–Trinajstić information content (AvgIpc) is 2.82. The SMILES string of the molecule is N=C(N)c1ncccc1CN1CCc2ccc(F)cc21. The Hall–Kier alpha value is -2.43. The number of pyridine rings is 1. The summed E-state index contributed by atoms with van der Waals surface area (Å²) in [5, 5.41) is 7.57. The Morgan fingerprint density at radius 1 is 1.40 bits per heavy atom. The fourth-order valence-electron chi connectivity index (χ4n) is 2.60. The predicted molar refractivity (Wildman–Crippen MR) is 76.4 cm³/mol. The molecule has 1 aliphatic rings. The molecule has 2 aromatic rings. The van der Waals surface area contributed by atoms with E-state index in [0.717, 1.165) is 29.8 Å². The number of hydrogen-bond donors (Lipinski definition) is 2. The zero-order chi connectivity index (χ0) is 14.1. The van der Waals surface area contributed by atoms with Gasteiger partial charge in [-0.05, 0) is 30.2 Å². The van der Waals surface area contributed by atoms with Gasteiger partial charge < -0.3 is 10.6 Å². The van der Waals surface area contributed by atoms with Gasteiger partial charge in [-0.15, -0.1) is 0 Å². The lowest BCUT2D eigenvalue weighted by molar-refractivity contribution is 0.627. The normalized spacial score (nSPS) is 13.3. The molecule has 0 amide bonds. The van der Waals surface area contributed by atoms with E-state index in [1.54, 1.807) is 12.3 Å². The third-order valence-electron chi connectivity index (χ3n) is 3.55. The van der Waals surface area contributed by atoms with Gasteiger partial charge >= 0.3 is 0 Å². The zero-order valence-electron chi connectivity index (χ0n) is 10.9. The smallest absolute Gasteiger partial charge is 0.142 e. The first kappa shape index (κ1) is 12.6. The minimum absolute atomic E-state index is 0.0423. The highest BCUT2D eigenvalue weighted by Gasteiger charge is 2.21. The van der Waals surface area contributed by atoms with E-state index < -0.39 is 0 Å². The largest absolute Gasteiger partial charge is 0.382 e. The number of hydrogen-bond acceptors (Lipinski definition) is 3. The number of aromatic nitrogens is 1. The van der Waals surface area contributed by atoms with Gasteiger partial charge in [-0.3, -0.25) is 10.4 Å². The molecule has 3 rings (SSSR count). The maximum absolute atomic E-state index is 13.4. The van der Waals surface area contributed by atoms with E-state index in [1.165, 1.54) is 6.07 Å². The molecule has 0 atom stereocenters. The highest BCUT2D eigenvalue weighted by molar-refractivity contribution is 5.94. The van der Waals surface area contributed by atoms with E-state index in [-0.39, 0.29) is 11.7 Å². The molecule has 3 N–H and O–H groups in total. The van der Waals surface area contributed by atoms with Crippen LogP contribution in [0.2, 0.25) is 0 Å². The second-order valence-electron chi connectivity index (χ2n) is 4.87. The summed E-state index contributed by atoms with van der Waals surface area (Å²) in [6, 6.07) is 8.62. The standard InChI is InChI=1S/C15H15FN4/c16-12-4-3-10-5-7-20(13(10)8-12)9-11-2-1-6-19-14(11)15(17)18/h1-4,6,8H,5,7,9H2,(H3,17,18). The summed E-state index contributed by atoms with van der Waals surface area (Å²) in [6.45, 7) is 1.42. The fourth-order valence-corrected chi connectivity index (χ4v) is 2.60. The Morgan fingerprint density at radius 2 is 2.25 bits per heavy atom. The molecule has 0 fully saturated rings. The van der Waals surface area contributed by atoms with Crippen molar-refractivity contribution in [3.63, 3.8) is 0 Å². The number of nitrogens with one attached hydrogen (secondary N) is 1. The average molecular weight is 270 g/mol. The first-order valence-corrected chi connectivity index (χ1v) is 6.47. The maximum Gasteiger partial charge on any atom is 0.142 e. The van der Waals surface area contributed by atoms with E-state index >= 15 is 0 Å². The maximum atomic E-state index is 13.4. The van der Waals surface area contributed by atoms with Crippen LogP contribution in [0.1, 0.15) is 16.8 Å². The van der Waals surface area contributed by atoms with Gasteiger partial charge in [0.25, 0.3) is 0 Å². The summed E-state index contributed by atoms with van der Waals surface area (Å²) in [5.41, 5.74) is 9.01. The second-order valence-corrected chi connectivity index (χ2v) is 4.87. The van der Waals surface area contributed by atoms with Crippen LogP contribution in [-0.4, -0.2) is 17.4 Å². The molecule has 20 heavy (non-hydrogen) atoms. The Balaban J connectivity index is 1.91.